The molecule has 0 spiro atoms. The number of nitrogen functional groups attached to an aromatic ring is 1. The van der Waals surface area contributed by atoms with Crippen molar-refractivity contribution in [3.05, 3.63) is 39.6 Å². The number of aromatic nitrogens is 2. The van der Waals surface area contributed by atoms with Crippen LogP contribution < -0.4 is 16.6 Å². The lowest BCUT2D eigenvalue weighted by molar-refractivity contribution is 0.837. The van der Waals surface area contributed by atoms with Crippen molar-refractivity contribution in [1.29, 1.82) is 0 Å². The van der Waals surface area contributed by atoms with E-state index in [-0.39, 0.29) is 0 Å². The van der Waals surface area contributed by atoms with E-state index in [2.05, 4.69) is 27.6 Å². The molecule has 1 heterocycles. The van der Waals surface area contributed by atoms with Gasteiger partial charge in [0.05, 0.1) is 10.7 Å². The van der Waals surface area contributed by atoms with Gasteiger partial charge in [0.25, 0.3) is 0 Å². The normalized spacial score (nSPS) is 10.5. The van der Waals surface area contributed by atoms with Crippen LogP contribution in [-0.4, -0.2) is 9.97 Å². The predicted octanol–water partition coefficient (Wildman–Crippen LogP) is 4.07. The first-order valence-electron chi connectivity index (χ1n) is 6.60. The lowest BCUT2D eigenvalue weighted by Crippen LogP contribution is -2.11. The maximum atomic E-state index is 6.22. The minimum Gasteiger partial charge on any atom is -0.339 e. The van der Waals surface area contributed by atoms with Crippen molar-refractivity contribution in [2.75, 3.05) is 10.7 Å². The van der Waals surface area contributed by atoms with Crippen LogP contribution in [0.3, 0.4) is 0 Å². The number of nitrogens with one attached hydrogen (secondary N) is 2. The quantitative estimate of drug-likeness (QED) is 0.570. The van der Waals surface area contributed by atoms with Crippen LogP contribution in [0.4, 0.5) is 17.3 Å². The van der Waals surface area contributed by atoms with Gasteiger partial charge in [-0.15, -0.1) is 0 Å². The summed E-state index contributed by atoms with van der Waals surface area (Å²) in [4.78, 5) is 8.73. The molecule has 0 aliphatic heterocycles. The van der Waals surface area contributed by atoms with Crippen molar-refractivity contribution in [3.8, 4) is 0 Å². The monoisotopic (exact) mass is 325 g/mol. The Balaban J connectivity index is 2.34. The Kier molecular flexibility index (Phi) is 5.22. The van der Waals surface area contributed by atoms with Crippen LogP contribution in [-0.2, 0) is 6.42 Å². The number of hydrogen-bond donors (Lipinski definition) is 3. The molecule has 1 aromatic carbocycles. The third-order valence-corrected chi connectivity index (χ3v) is 3.62. The summed E-state index contributed by atoms with van der Waals surface area (Å²) < 4.78 is 0. The van der Waals surface area contributed by atoms with Gasteiger partial charge in [0.15, 0.2) is 0 Å². The van der Waals surface area contributed by atoms with Crippen LogP contribution in [0.1, 0.15) is 24.7 Å². The van der Waals surface area contributed by atoms with Gasteiger partial charge < -0.3 is 10.7 Å². The number of nitrogens with zero attached hydrogens (tertiary/aromatic N) is 2. The molecule has 21 heavy (non-hydrogen) atoms. The summed E-state index contributed by atoms with van der Waals surface area (Å²) in [5.74, 6) is 7.31. The van der Waals surface area contributed by atoms with E-state index < -0.39 is 0 Å². The Hall–Kier alpha value is -1.56. The van der Waals surface area contributed by atoms with E-state index in [0.717, 1.165) is 18.4 Å². The number of halogens is 2. The van der Waals surface area contributed by atoms with Crippen molar-refractivity contribution >= 4 is 40.5 Å². The van der Waals surface area contributed by atoms with Gasteiger partial charge in [-0.3, -0.25) is 0 Å². The zero-order valence-corrected chi connectivity index (χ0v) is 13.4. The molecule has 0 saturated carbocycles. The molecule has 0 aliphatic carbocycles. The van der Waals surface area contributed by atoms with Gasteiger partial charge >= 0.3 is 0 Å². The van der Waals surface area contributed by atoms with Crippen LogP contribution in [0.15, 0.2) is 18.2 Å². The Morgan fingerprint density at radius 2 is 1.81 bits per heavy atom. The Bertz CT molecular complexity index is 646. The third-order valence-electron chi connectivity index (χ3n) is 2.90. The maximum absolute atomic E-state index is 6.22. The molecule has 2 rings (SSSR count). The van der Waals surface area contributed by atoms with E-state index in [0.29, 0.717) is 33.2 Å². The highest BCUT2D eigenvalue weighted by Crippen LogP contribution is 2.31. The van der Waals surface area contributed by atoms with Crippen molar-refractivity contribution < 1.29 is 0 Å². The Labute approximate surface area is 133 Å². The lowest BCUT2D eigenvalue weighted by atomic mass is 10.2. The molecule has 5 nitrogen and oxygen atoms in total. The molecule has 0 aliphatic rings. The lowest BCUT2D eigenvalue weighted by Gasteiger charge is -2.12. The van der Waals surface area contributed by atoms with E-state index in [1.807, 2.05) is 13.0 Å². The van der Waals surface area contributed by atoms with Crippen molar-refractivity contribution in [2.24, 2.45) is 5.84 Å². The van der Waals surface area contributed by atoms with Crippen LogP contribution >= 0.6 is 23.2 Å². The average molecular weight is 326 g/mol. The van der Waals surface area contributed by atoms with E-state index in [9.17, 15) is 0 Å². The van der Waals surface area contributed by atoms with E-state index in [1.165, 1.54) is 0 Å². The molecule has 0 amide bonds. The smallest absolute Gasteiger partial charge is 0.145 e. The number of aryl methyl sites for hydroxylation is 2. The molecule has 112 valence electrons. The molecule has 7 heteroatoms. The predicted molar refractivity (Wildman–Crippen MR) is 88.3 cm³/mol. The first-order chi connectivity index (χ1) is 10.0. The molecule has 1 aromatic heterocycles. The fraction of sp³-hybridized carbons (Fsp3) is 0.286. The summed E-state index contributed by atoms with van der Waals surface area (Å²) in [7, 11) is 0. The van der Waals surface area contributed by atoms with Crippen molar-refractivity contribution in [1.82, 2.24) is 9.97 Å². The SMILES string of the molecule is CCCc1nc(NN)cc(Nc2cc(Cl)c(C)cc2Cl)n1. The number of hydrogen-bond acceptors (Lipinski definition) is 5. The highest BCUT2D eigenvalue weighted by molar-refractivity contribution is 6.35. The molecule has 0 bridgehead atoms. The Morgan fingerprint density at radius 3 is 2.48 bits per heavy atom. The average Bonchev–Trinajstić information content (AvgIpc) is 2.45. The summed E-state index contributed by atoms with van der Waals surface area (Å²) in [5.41, 5.74) is 4.15. The fourth-order valence-corrected chi connectivity index (χ4v) is 2.28. The number of anilines is 3. The zero-order valence-electron chi connectivity index (χ0n) is 11.9. The minimum absolute atomic E-state index is 0.547. The largest absolute Gasteiger partial charge is 0.339 e. The number of rotatable bonds is 5. The van der Waals surface area contributed by atoms with Gasteiger partial charge in [-0.25, -0.2) is 15.8 Å². The van der Waals surface area contributed by atoms with Gasteiger partial charge in [0, 0.05) is 17.5 Å². The van der Waals surface area contributed by atoms with E-state index in [1.54, 1.807) is 12.1 Å². The highest BCUT2D eigenvalue weighted by atomic mass is 35.5. The third kappa shape index (κ3) is 3.97. The van der Waals surface area contributed by atoms with E-state index in [4.69, 9.17) is 29.0 Å². The molecule has 0 unspecified atom stereocenters. The number of benzene rings is 1. The molecular formula is C14H17Cl2N5. The summed E-state index contributed by atoms with van der Waals surface area (Å²) in [6, 6.07) is 5.29. The van der Waals surface area contributed by atoms with Gasteiger partial charge in [0.1, 0.15) is 17.5 Å². The summed E-state index contributed by atoms with van der Waals surface area (Å²) in [6.45, 7) is 3.97. The van der Waals surface area contributed by atoms with Crippen LogP contribution in [0.5, 0.6) is 0 Å². The molecule has 4 N–H and O–H groups in total. The van der Waals surface area contributed by atoms with Crippen molar-refractivity contribution in [2.45, 2.75) is 26.7 Å². The standard InChI is InChI=1S/C14H17Cl2N5/c1-3-4-12-19-13(7-14(20-12)21-17)18-11-6-9(15)8(2)5-10(11)16/h5-7H,3-4,17H2,1-2H3,(H2,18,19,20,21). The molecular weight excluding hydrogens is 309 g/mol. The first kappa shape index (κ1) is 15.8. The van der Waals surface area contributed by atoms with Crippen LogP contribution in [0, 0.1) is 6.92 Å². The van der Waals surface area contributed by atoms with Crippen LogP contribution in [0.25, 0.3) is 0 Å². The van der Waals surface area contributed by atoms with E-state index >= 15 is 0 Å². The minimum atomic E-state index is 0.547. The molecule has 0 saturated heterocycles. The zero-order chi connectivity index (χ0) is 15.4. The summed E-state index contributed by atoms with van der Waals surface area (Å²) >= 11 is 12.3. The molecule has 0 fully saturated rings. The summed E-state index contributed by atoms with van der Waals surface area (Å²) in [6.07, 6.45) is 1.72. The number of nitrogens with two attached hydrogens (primary N) is 1. The molecule has 2 aromatic rings. The Morgan fingerprint density at radius 1 is 1.10 bits per heavy atom. The topological polar surface area (TPSA) is 75.9 Å². The van der Waals surface area contributed by atoms with Crippen LogP contribution in [0.2, 0.25) is 10.0 Å². The second-order valence-electron chi connectivity index (χ2n) is 4.66. The molecule has 0 radical (unpaired) electrons. The van der Waals surface area contributed by atoms with Gasteiger partial charge in [-0.05, 0) is 31.0 Å². The second kappa shape index (κ2) is 6.93. The van der Waals surface area contributed by atoms with Gasteiger partial charge in [-0.1, -0.05) is 30.1 Å². The first-order valence-corrected chi connectivity index (χ1v) is 7.36. The summed E-state index contributed by atoms with van der Waals surface area (Å²) in [5, 5.41) is 4.37. The molecule has 0 atom stereocenters. The maximum Gasteiger partial charge on any atom is 0.145 e. The number of hydrazine groups is 1. The highest BCUT2D eigenvalue weighted by Gasteiger charge is 2.08. The van der Waals surface area contributed by atoms with Gasteiger partial charge in [-0.2, -0.15) is 0 Å². The second-order valence-corrected chi connectivity index (χ2v) is 5.47. The fourth-order valence-electron chi connectivity index (χ4n) is 1.85. The van der Waals surface area contributed by atoms with Crippen molar-refractivity contribution in [3.63, 3.8) is 0 Å². The van der Waals surface area contributed by atoms with Gasteiger partial charge in [0.2, 0.25) is 0 Å².